The van der Waals surface area contributed by atoms with Gasteiger partial charge in [0.15, 0.2) is 5.71 Å². The lowest BCUT2D eigenvalue weighted by atomic mass is 10.0. The average Bonchev–Trinajstić information content (AvgIpc) is 3.04. The van der Waals surface area contributed by atoms with Crippen LogP contribution in [-0.2, 0) is 4.84 Å². The largest absolute Gasteiger partial charge is 0.365 e. The van der Waals surface area contributed by atoms with Crippen LogP contribution in [0.1, 0.15) is 21.5 Å². The van der Waals surface area contributed by atoms with Gasteiger partial charge in [-0.05, 0) is 30.3 Å². The first-order valence-electron chi connectivity index (χ1n) is 8.97. The standard InChI is InChI=1S/C22H17N2O2.ClHO4/c1-24-19-15-9-8-14-18(19)20(21(24)16-10-4-2-5-11-16)23-26-22(25)17-12-6-3-7-13-17;2-1(3,4)5/h2-15H,1H3;(H,2,3,4,5)/q+1;/p-1/b23-20-;. The van der Waals surface area contributed by atoms with Gasteiger partial charge in [-0.1, -0.05) is 53.7 Å². The minimum Gasteiger partial charge on any atom is -0.312 e. The Morgan fingerprint density at radius 1 is 0.839 bits per heavy atom. The molecule has 0 N–H and O–H groups in total. The van der Waals surface area contributed by atoms with E-state index in [2.05, 4.69) is 9.73 Å². The van der Waals surface area contributed by atoms with E-state index >= 15 is 0 Å². The Hall–Kier alpha value is -3.40. The highest BCUT2D eigenvalue weighted by Gasteiger charge is 2.35. The summed E-state index contributed by atoms with van der Waals surface area (Å²) in [4.78, 5) is 17.6. The molecule has 3 aromatic carbocycles. The van der Waals surface area contributed by atoms with Crippen LogP contribution in [0.15, 0.2) is 90.1 Å². The predicted molar refractivity (Wildman–Crippen MR) is 101 cm³/mol. The molecular weight excluding hydrogens is 424 g/mol. The lowest BCUT2D eigenvalue weighted by Gasteiger charge is -2.17. The second kappa shape index (κ2) is 9.61. The van der Waals surface area contributed by atoms with Crippen molar-refractivity contribution < 1.29 is 43.1 Å². The number of rotatable bonds is 3. The van der Waals surface area contributed by atoms with Gasteiger partial charge in [-0.15, -0.1) is 10.2 Å². The van der Waals surface area contributed by atoms with Crippen LogP contribution in [0.4, 0.5) is 5.69 Å². The smallest absolute Gasteiger partial charge is 0.312 e. The summed E-state index contributed by atoms with van der Waals surface area (Å²) < 4.78 is 36.0. The summed E-state index contributed by atoms with van der Waals surface area (Å²) in [5.41, 5.74) is 5.01. The summed E-state index contributed by atoms with van der Waals surface area (Å²) in [6.07, 6.45) is 0. The summed E-state index contributed by atoms with van der Waals surface area (Å²) in [6.45, 7) is 0. The van der Waals surface area contributed by atoms with Crippen molar-refractivity contribution in [2.24, 2.45) is 5.16 Å². The van der Waals surface area contributed by atoms with Crippen molar-refractivity contribution in [2.75, 3.05) is 7.05 Å². The van der Waals surface area contributed by atoms with E-state index in [4.69, 9.17) is 23.5 Å². The van der Waals surface area contributed by atoms with Crippen molar-refractivity contribution in [1.82, 2.24) is 0 Å². The molecule has 0 spiro atoms. The molecule has 1 heterocycles. The van der Waals surface area contributed by atoms with Gasteiger partial charge >= 0.3 is 5.97 Å². The summed E-state index contributed by atoms with van der Waals surface area (Å²) in [6, 6.07) is 26.8. The Bertz CT molecular complexity index is 1120. The van der Waals surface area contributed by atoms with Crippen LogP contribution >= 0.6 is 0 Å². The molecule has 8 nitrogen and oxygen atoms in total. The van der Waals surface area contributed by atoms with Gasteiger partial charge in [0.25, 0.3) is 0 Å². The van der Waals surface area contributed by atoms with Gasteiger partial charge in [-0.2, -0.15) is 4.58 Å². The van der Waals surface area contributed by atoms with Crippen LogP contribution in [0.5, 0.6) is 0 Å². The summed E-state index contributed by atoms with van der Waals surface area (Å²) in [5.74, 6) is -0.474. The molecule has 4 rings (SSSR count). The van der Waals surface area contributed by atoms with Gasteiger partial charge < -0.3 is 4.84 Å². The zero-order chi connectivity index (χ0) is 22.4. The van der Waals surface area contributed by atoms with Gasteiger partial charge in [0.1, 0.15) is 7.05 Å². The zero-order valence-corrected chi connectivity index (χ0v) is 17.1. The number of hydrogen-bond donors (Lipinski definition) is 0. The monoisotopic (exact) mass is 440 g/mol. The first kappa shape index (κ1) is 22.3. The molecule has 0 amide bonds. The molecule has 0 saturated heterocycles. The van der Waals surface area contributed by atoms with Crippen molar-refractivity contribution >= 4 is 23.1 Å². The van der Waals surface area contributed by atoms with Crippen molar-refractivity contribution in [3.8, 4) is 0 Å². The molecule has 0 fully saturated rings. The highest BCUT2D eigenvalue weighted by atomic mass is 35.7. The normalized spacial score (nSPS) is 14.0. The molecule has 0 unspecified atom stereocenters. The van der Waals surface area contributed by atoms with E-state index in [-0.39, 0.29) is 0 Å². The number of para-hydroxylation sites is 1. The van der Waals surface area contributed by atoms with E-state index in [0.29, 0.717) is 11.3 Å². The van der Waals surface area contributed by atoms with Crippen LogP contribution in [0, 0.1) is 10.2 Å². The molecule has 1 aliphatic rings. The van der Waals surface area contributed by atoms with Crippen LogP contribution < -0.4 is 18.6 Å². The molecule has 0 aliphatic carbocycles. The number of carbonyl (C=O) groups is 1. The molecule has 31 heavy (non-hydrogen) atoms. The fraction of sp³-hybridized carbons (Fsp3) is 0.0455. The molecule has 0 aromatic heterocycles. The Balaban J connectivity index is 0.000000491. The van der Waals surface area contributed by atoms with Crippen LogP contribution in [0.25, 0.3) is 0 Å². The average molecular weight is 441 g/mol. The minimum absolute atomic E-state index is 0.470. The maximum Gasteiger partial charge on any atom is 0.365 e. The van der Waals surface area contributed by atoms with Crippen LogP contribution in [0.3, 0.4) is 0 Å². The van der Waals surface area contributed by atoms with E-state index in [9.17, 15) is 4.79 Å². The lowest BCUT2D eigenvalue weighted by Crippen LogP contribution is -2.68. The number of hydrogen-bond acceptors (Lipinski definition) is 7. The third-order valence-electron chi connectivity index (χ3n) is 4.36. The van der Waals surface area contributed by atoms with Crippen molar-refractivity contribution in [3.05, 3.63) is 102 Å². The highest BCUT2D eigenvalue weighted by molar-refractivity contribution is 6.54. The molecular formula is C22H17ClN2O6. The Kier molecular flexibility index (Phi) is 6.91. The number of nitrogens with zero attached hydrogens (tertiary/aromatic N) is 2. The number of fused-ring (bicyclic) bond motifs is 1. The molecule has 0 radical (unpaired) electrons. The van der Waals surface area contributed by atoms with Gasteiger partial charge in [0.05, 0.1) is 11.1 Å². The number of halogens is 1. The maximum absolute atomic E-state index is 12.3. The van der Waals surface area contributed by atoms with Gasteiger partial charge in [-0.3, -0.25) is 0 Å². The maximum atomic E-state index is 12.3. The van der Waals surface area contributed by atoms with E-state index in [1.165, 1.54) is 0 Å². The van der Waals surface area contributed by atoms with Gasteiger partial charge in [0, 0.05) is 11.6 Å². The molecule has 1 aliphatic heterocycles. The number of carbonyl (C=O) groups excluding carboxylic acids is 1. The first-order valence-corrected chi connectivity index (χ1v) is 10.2. The number of benzene rings is 3. The van der Waals surface area contributed by atoms with E-state index in [0.717, 1.165) is 22.5 Å². The van der Waals surface area contributed by atoms with E-state index in [1.807, 2.05) is 67.7 Å². The Morgan fingerprint density at radius 3 is 1.97 bits per heavy atom. The first-order chi connectivity index (χ1) is 14.8. The Labute approximate surface area is 180 Å². The minimum atomic E-state index is -4.94. The summed E-state index contributed by atoms with van der Waals surface area (Å²) in [7, 11) is -2.96. The lowest BCUT2D eigenvalue weighted by molar-refractivity contribution is -2.00. The predicted octanol–water partition coefficient (Wildman–Crippen LogP) is -0.732. The molecule has 0 atom stereocenters. The molecule has 0 saturated carbocycles. The SMILES string of the molecule is C[N+]1=C(c2ccccc2)/C(=N\OC(=O)c2ccccc2)c2ccccc21.[O-][Cl+3]([O-])([O-])[O-]. The highest BCUT2D eigenvalue weighted by Crippen LogP contribution is 2.28. The van der Waals surface area contributed by atoms with Gasteiger partial charge in [-0.25, -0.2) is 23.4 Å². The molecule has 0 bridgehead atoms. The third kappa shape index (κ3) is 5.82. The fourth-order valence-corrected chi connectivity index (χ4v) is 3.11. The second-order valence-corrected chi connectivity index (χ2v) is 7.11. The van der Waals surface area contributed by atoms with E-state index < -0.39 is 16.2 Å². The van der Waals surface area contributed by atoms with Gasteiger partial charge in [0.2, 0.25) is 11.4 Å². The summed E-state index contributed by atoms with van der Waals surface area (Å²) >= 11 is 0. The molecule has 158 valence electrons. The molecule has 9 heteroatoms. The Morgan fingerprint density at radius 2 is 1.35 bits per heavy atom. The van der Waals surface area contributed by atoms with Crippen molar-refractivity contribution in [1.29, 1.82) is 0 Å². The van der Waals surface area contributed by atoms with E-state index in [1.54, 1.807) is 24.3 Å². The van der Waals surface area contributed by atoms with Crippen LogP contribution in [0.2, 0.25) is 0 Å². The van der Waals surface area contributed by atoms with Crippen LogP contribution in [-0.4, -0.2) is 29.0 Å². The third-order valence-corrected chi connectivity index (χ3v) is 4.36. The topological polar surface area (TPSA) is 134 Å². The quantitative estimate of drug-likeness (QED) is 0.299. The fourth-order valence-electron chi connectivity index (χ4n) is 3.11. The van der Waals surface area contributed by atoms with Crippen molar-refractivity contribution in [3.63, 3.8) is 0 Å². The zero-order valence-electron chi connectivity index (χ0n) is 16.3. The van der Waals surface area contributed by atoms with Crippen molar-refractivity contribution in [2.45, 2.75) is 0 Å². The second-order valence-electron chi connectivity index (χ2n) is 6.35. The summed E-state index contributed by atoms with van der Waals surface area (Å²) in [5, 5.41) is 4.24. The molecule has 3 aromatic rings. The number of oxime groups is 1.